The Hall–Kier alpha value is -3.69. The van der Waals surface area contributed by atoms with E-state index in [9.17, 15) is 4.79 Å². The molecule has 33 heavy (non-hydrogen) atoms. The number of carbonyl (C=O) groups is 1. The summed E-state index contributed by atoms with van der Waals surface area (Å²) in [6.45, 7) is 8.88. The number of pyridine rings is 1. The number of nitrogens with zero attached hydrogens (tertiary/aromatic N) is 4. The van der Waals surface area contributed by atoms with Gasteiger partial charge >= 0.3 is 0 Å². The lowest BCUT2D eigenvalue weighted by molar-refractivity contribution is 0.102. The van der Waals surface area contributed by atoms with Crippen molar-refractivity contribution in [2.75, 3.05) is 23.4 Å². The van der Waals surface area contributed by atoms with Gasteiger partial charge in [-0.25, -0.2) is 4.98 Å². The standard InChI is InChI=1S/C23H20ClN5O3S/c1-3-18-19(4-2)31-13-12-29(18)20-17(6-5-11-25-20)21(30)26-22-27-28-23(33-22)32-14-15-7-9-16(24)10-8-15/h3-11H,1-2,12-14H2,(H,26,27,30). The van der Waals surface area contributed by atoms with Crippen LogP contribution in [0.2, 0.25) is 5.02 Å². The first-order valence-corrected chi connectivity index (χ1v) is 11.1. The fourth-order valence-corrected chi connectivity index (χ4v) is 3.88. The van der Waals surface area contributed by atoms with Crippen LogP contribution in [0.1, 0.15) is 15.9 Å². The fourth-order valence-electron chi connectivity index (χ4n) is 3.17. The molecule has 0 saturated carbocycles. The number of ether oxygens (including phenoxy) is 2. The molecule has 0 aliphatic carbocycles. The summed E-state index contributed by atoms with van der Waals surface area (Å²) < 4.78 is 11.3. The van der Waals surface area contributed by atoms with Crippen LogP contribution in [0, 0.1) is 0 Å². The van der Waals surface area contributed by atoms with Crippen molar-refractivity contribution in [1.29, 1.82) is 0 Å². The van der Waals surface area contributed by atoms with Gasteiger partial charge in [-0.3, -0.25) is 10.1 Å². The molecule has 0 bridgehead atoms. The molecular weight excluding hydrogens is 462 g/mol. The molecule has 1 N–H and O–H groups in total. The molecule has 0 spiro atoms. The number of hydrogen-bond donors (Lipinski definition) is 1. The first-order chi connectivity index (χ1) is 16.1. The van der Waals surface area contributed by atoms with Gasteiger partial charge in [0.1, 0.15) is 24.8 Å². The van der Waals surface area contributed by atoms with E-state index in [-0.39, 0.29) is 5.91 Å². The molecule has 1 aliphatic heterocycles. The Bertz CT molecular complexity index is 1210. The van der Waals surface area contributed by atoms with E-state index in [0.29, 0.717) is 57.9 Å². The number of rotatable bonds is 8. The zero-order valence-electron chi connectivity index (χ0n) is 17.5. The number of aromatic nitrogens is 3. The highest BCUT2D eigenvalue weighted by Crippen LogP contribution is 2.29. The van der Waals surface area contributed by atoms with E-state index in [1.165, 1.54) is 0 Å². The van der Waals surface area contributed by atoms with Gasteiger partial charge in [-0.1, -0.05) is 42.0 Å². The molecular formula is C23H20ClN5O3S. The second kappa shape index (κ2) is 10.3. The average Bonchev–Trinajstić information content (AvgIpc) is 3.30. The zero-order chi connectivity index (χ0) is 23.2. The smallest absolute Gasteiger partial charge is 0.296 e. The van der Waals surface area contributed by atoms with Gasteiger partial charge in [-0.05, 0) is 53.3 Å². The average molecular weight is 482 g/mol. The Kier molecular flexibility index (Phi) is 7.01. The van der Waals surface area contributed by atoms with Gasteiger partial charge in [0.05, 0.1) is 17.8 Å². The van der Waals surface area contributed by atoms with Crippen LogP contribution in [0.4, 0.5) is 10.9 Å². The fraction of sp³-hybridized carbons (Fsp3) is 0.130. The maximum Gasteiger partial charge on any atom is 0.296 e. The molecule has 0 atom stereocenters. The monoisotopic (exact) mass is 481 g/mol. The van der Waals surface area contributed by atoms with Gasteiger partial charge in [-0.15, -0.1) is 5.10 Å². The largest absolute Gasteiger partial charge is 0.490 e. The Morgan fingerprint density at radius 3 is 2.82 bits per heavy atom. The summed E-state index contributed by atoms with van der Waals surface area (Å²) in [6.07, 6.45) is 4.89. The predicted octanol–water partition coefficient (Wildman–Crippen LogP) is 4.84. The van der Waals surface area contributed by atoms with Crippen molar-refractivity contribution in [1.82, 2.24) is 15.2 Å². The van der Waals surface area contributed by atoms with Crippen LogP contribution in [-0.2, 0) is 11.3 Å². The molecule has 8 nitrogen and oxygen atoms in total. The second-order valence-corrected chi connectivity index (χ2v) is 8.15. The van der Waals surface area contributed by atoms with Gasteiger partial charge in [0.15, 0.2) is 0 Å². The minimum absolute atomic E-state index is 0.311. The normalized spacial score (nSPS) is 13.3. The van der Waals surface area contributed by atoms with Crippen LogP contribution >= 0.6 is 22.9 Å². The summed E-state index contributed by atoms with van der Waals surface area (Å²) in [7, 11) is 0. The molecule has 168 valence electrons. The van der Waals surface area contributed by atoms with Gasteiger partial charge < -0.3 is 14.4 Å². The molecule has 0 fully saturated rings. The summed E-state index contributed by atoms with van der Waals surface area (Å²) >= 11 is 7.03. The molecule has 3 heterocycles. The van der Waals surface area contributed by atoms with Crippen LogP contribution in [0.25, 0.3) is 0 Å². The highest BCUT2D eigenvalue weighted by Gasteiger charge is 2.25. The van der Waals surface area contributed by atoms with Crippen molar-refractivity contribution < 1.29 is 14.3 Å². The summed E-state index contributed by atoms with van der Waals surface area (Å²) in [5, 5.41) is 12.1. The molecule has 1 amide bonds. The molecule has 10 heteroatoms. The van der Waals surface area contributed by atoms with E-state index >= 15 is 0 Å². The molecule has 0 unspecified atom stereocenters. The van der Waals surface area contributed by atoms with Crippen molar-refractivity contribution in [3.63, 3.8) is 0 Å². The first kappa shape index (κ1) is 22.5. The Balaban J connectivity index is 1.48. The number of carbonyl (C=O) groups excluding carboxylic acids is 1. The van der Waals surface area contributed by atoms with E-state index in [4.69, 9.17) is 21.1 Å². The van der Waals surface area contributed by atoms with Crippen LogP contribution in [0.15, 0.2) is 79.4 Å². The number of amides is 1. The molecule has 2 aromatic heterocycles. The van der Waals surface area contributed by atoms with Gasteiger partial charge in [0.25, 0.3) is 11.1 Å². The lowest BCUT2D eigenvalue weighted by Crippen LogP contribution is -2.33. The van der Waals surface area contributed by atoms with Gasteiger partial charge in [-0.2, -0.15) is 0 Å². The Labute approximate surface area is 199 Å². The summed E-state index contributed by atoms with van der Waals surface area (Å²) in [4.78, 5) is 19.4. The topological polar surface area (TPSA) is 89.5 Å². The SMILES string of the molecule is C=CC1=C(C=C)N(c2ncccc2C(=O)Nc2nnc(OCc3ccc(Cl)cc3)s2)CCO1. The van der Waals surface area contributed by atoms with Crippen molar-refractivity contribution in [3.8, 4) is 5.19 Å². The number of allylic oxidation sites excluding steroid dienone is 2. The summed E-state index contributed by atoms with van der Waals surface area (Å²) in [6, 6.07) is 10.7. The van der Waals surface area contributed by atoms with Gasteiger partial charge in [0, 0.05) is 11.2 Å². The Morgan fingerprint density at radius 2 is 2.06 bits per heavy atom. The minimum atomic E-state index is -0.367. The number of halogens is 1. The van der Waals surface area contributed by atoms with Crippen molar-refractivity contribution in [2.45, 2.75) is 6.61 Å². The minimum Gasteiger partial charge on any atom is -0.490 e. The summed E-state index contributed by atoms with van der Waals surface area (Å²) in [5.41, 5.74) is 2.01. The third kappa shape index (κ3) is 5.21. The Morgan fingerprint density at radius 1 is 1.24 bits per heavy atom. The van der Waals surface area contributed by atoms with E-state index in [2.05, 4.69) is 33.7 Å². The number of anilines is 2. The maximum absolute atomic E-state index is 13.1. The third-order valence-electron chi connectivity index (χ3n) is 4.68. The quantitative estimate of drug-likeness (QED) is 0.492. The van der Waals surface area contributed by atoms with Crippen LogP contribution < -0.4 is 15.0 Å². The third-order valence-corrected chi connectivity index (χ3v) is 5.69. The number of nitrogens with one attached hydrogen (secondary N) is 1. The number of benzene rings is 1. The molecule has 1 aliphatic rings. The van der Waals surface area contributed by atoms with E-state index in [0.717, 1.165) is 16.9 Å². The van der Waals surface area contributed by atoms with Crippen LogP contribution in [0.3, 0.4) is 0 Å². The van der Waals surface area contributed by atoms with Crippen LogP contribution in [0.5, 0.6) is 5.19 Å². The van der Waals surface area contributed by atoms with E-state index in [1.54, 1.807) is 42.6 Å². The molecule has 1 aromatic carbocycles. The summed E-state index contributed by atoms with van der Waals surface area (Å²) in [5.74, 6) is 0.699. The first-order valence-electron chi connectivity index (χ1n) is 9.95. The van der Waals surface area contributed by atoms with Crippen molar-refractivity contribution >= 4 is 39.8 Å². The van der Waals surface area contributed by atoms with Crippen molar-refractivity contribution in [2.24, 2.45) is 0 Å². The zero-order valence-corrected chi connectivity index (χ0v) is 19.1. The van der Waals surface area contributed by atoms with E-state index in [1.807, 2.05) is 17.0 Å². The highest BCUT2D eigenvalue weighted by atomic mass is 35.5. The second-order valence-electron chi connectivity index (χ2n) is 6.77. The highest BCUT2D eigenvalue weighted by molar-refractivity contribution is 7.17. The number of hydrogen-bond acceptors (Lipinski definition) is 8. The van der Waals surface area contributed by atoms with Crippen LogP contribution in [-0.4, -0.2) is 34.2 Å². The lowest BCUT2D eigenvalue weighted by Gasteiger charge is -2.31. The lowest BCUT2D eigenvalue weighted by atomic mass is 10.2. The predicted molar refractivity (Wildman–Crippen MR) is 129 cm³/mol. The molecule has 3 aromatic rings. The molecule has 4 rings (SSSR count). The van der Waals surface area contributed by atoms with Crippen molar-refractivity contribution in [3.05, 3.63) is 95.5 Å². The van der Waals surface area contributed by atoms with E-state index < -0.39 is 0 Å². The molecule has 0 radical (unpaired) electrons. The maximum atomic E-state index is 13.1. The van der Waals surface area contributed by atoms with Gasteiger partial charge in [0.2, 0.25) is 5.13 Å². The molecule has 0 saturated heterocycles.